The average molecular weight is 460 g/mol. The van der Waals surface area contributed by atoms with E-state index in [1.54, 1.807) is 30.7 Å². The lowest BCUT2D eigenvalue weighted by atomic mass is 9.89. The number of hydrogen-bond acceptors (Lipinski definition) is 5. The number of fused-ring (bicyclic) bond motifs is 1. The van der Waals surface area contributed by atoms with Crippen molar-refractivity contribution in [1.82, 2.24) is 19.4 Å². The maximum absolute atomic E-state index is 13.2. The molecule has 1 aliphatic rings. The number of piperidine rings is 1. The summed E-state index contributed by atoms with van der Waals surface area (Å²) in [5.41, 5.74) is -0.137. The van der Waals surface area contributed by atoms with Gasteiger partial charge in [0.1, 0.15) is 11.6 Å². The minimum Gasteiger partial charge on any atom is -0.363 e. The van der Waals surface area contributed by atoms with Crippen LogP contribution in [0.4, 0.5) is 19.0 Å². The minimum absolute atomic E-state index is 0.121. The van der Waals surface area contributed by atoms with E-state index in [2.05, 4.69) is 34.2 Å². The molecule has 1 fully saturated rings. The Morgan fingerprint density at radius 3 is 2.52 bits per heavy atom. The van der Waals surface area contributed by atoms with Crippen LogP contribution < -0.4 is 10.9 Å². The summed E-state index contributed by atoms with van der Waals surface area (Å²) in [5, 5.41) is 3.91. The summed E-state index contributed by atoms with van der Waals surface area (Å²) in [4.78, 5) is 24.2. The lowest BCUT2D eigenvalue weighted by molar-refractivity contribution is -0.137. The first-order chi connectivity index (χ1) is 15.5. The van der Waals surface area contributed by atoms with E-state index >= 15 is 0 Å². The number of likely N-dealkylation sites (tertiary alicyclic amines) is 1. The molecule has 3 heterocycles. The highest BCUT2D eigenvalue weighted by atomic mass is 19.4. The fraction of sp³-hybridized carbons (Fsp3) is 0.458. The predicted octanol–water partition coefficient (Wildman–Crippen LogP) is 4.73. The summed E-state index contributed by atoms with van der Waals surface area (Å²) in [5.74, 6) is 0.969. The monoisotopic (exact) mass is 459 g/mol. The van der Waals surface area contributed by atoms with Gasteiger partial charge < -0.3 is 14.8 Å². The summed E-state index contributed by atoms with van der Waals surface area (Å²) in [7, 11) is 2.07. The molecule has 0 bridgehead atoms. The minimum atomic E-state index is -4.41. The number of pyridine rings is 1. The number of rotatable bonds is 4. The molecule has 4 rings (SSSR count). The Labute approximate surface area is 190 Å². The molecule has 0 aliphatic carbocycles. The topological polar surface area (TPSA) is 63.1 Å². The number of nitrogens with one attached hydrogen (secondary N) is 1. The molecule has 33 heavy (non-hydrogen) atoms. The summed E-state index contributed by atoms with van der Waals surface area (Å²) in [6, 6.07) is 6.33. The third-order valence-electron chi connectivity index (χ3n) is 6.56. The Kier molecular flexibility index (Phi) is 5.94. The zero-order chi connectivity index (χ0) is 24.0. The molecule has 0 radical (unpaired) electrons. The molecule has 0 amide bonds. The molecule has 1 aliphatic heterocycles. The van der Waals surface area contributed by atoms with Gasteiger partial charge in [0.05, 0.1) is 16.5 Å². The molecule has 1 atom stereocenters. The van der Waals surface area contributed by atoms with E-state index in [4.69, 9.17) is 0 Å². The molecule has 2 aromatic heterocycles. The second kappa shape index (κ2) is 8.44. The zero-order valence-corrected chi connectivity index (χ0v) is 19.2. The molecule has 1 aromatic carbocycles. The van der Waals surface area contributed by atoms with Crippen molar-refractivity contribution in [3.8, 4) is 0 Å². The molecule has 176 valence electrons. The van der Waals surface area contributed by atoms with Crippen molar-refractivity contribution in [2.45, 2.75) is 51.4 Å². The van der Waals surface area contributed by atoms with E-state index in [1.807, 2.05) is 0 Å². The summed E-state index contributed by atoms with van der Waals surface area (Å²) in [6.45, 7) is 7.38. The van der Waals surface area contributed by atoms with Crippen molar-refractivity contribution >= 4 is 16.7 Å². The Bertz CT molecular complexity index is 1230. The van der Waals surface area contributed by atoms with Gasteiger partial charge in [-0.1, -0.05) is 12.1 Å². The van der Waals surface area contributed by atoms with Gasteiger partial charge in [-0.2, -0.15) is 13.2 Å². The first-order valence-corrected chi connectivity index (χ1v) is 11.0. The number of nitrogens with zero attached hydrogens (tertiary/aromatic N) is 4. The third-order valence-corrected chi connectivity index (χ3v) is 6.56. The normalized spacial score (nSPS) is 17.8. The van der Waals surface area contributed by atoms with Gasteiger partial charge >= 0.3 is 6.18 Å². The van der Waals surface area contributed by atoms with Crippen molar-refractivity contribution in [2.24, 2.45) is 0 Å². The Balaban J connectivity index is 1.74. The number of aryl methyl sites for hydroxylation is 1. The van der Waals surface area contributed by atoms with Crippen LogP contribution in [0.1, 0.15) is 49.7 Å². The van der Waals surface area contributed by atoms with Crippen LogP contribution in [0.5, 0.6) is 0 Å². The van der Waals surface area contributed by atoms with Gasteiger partial charge in [0, 0.05) is 36.9 Å². The van der Waals surface area contributed by atoms with Crippen molar-refractivity contribution in [1.29, 1.82) is 0 Å². The lowest BCUT2D eigenvalue weighted by Gasteiger charge is -2.39. The molecule has 0 unspecified atom stereocenters. The van der Waals surface area contributed by atoms with Crippen LogP contribution in [0.2, 0.25) is 0 Å². The quantitative estimate of drug-likeness (QED) is 0.611. The van der Waals surface area contributed by atoms with E-state index < -0.39 is 17.8 Å². The zero-order valence-electron chi connectivity index (χ0n) is 19.2. The summed E-state index contributed by atoms with van der Waals surface area (Å²) < 4.78 is 41.3. The maximum Gasteiger partial charge on any atom is 0.416 e. The van der Waals surface area contributed by atoms with Gasteiger partial charge in [-0.15, -0.1) is 0 Å². The second-order valence-electron chi connectivity index (χ2n) is 9.19. The smallest absolute Gasteiger partial charge is 0.363 e. The number of benzene rings is 1. The Hall–Kier alpha value is -2.94. The second-order valence-corrected chi connectivity index (χ2v) is 9.19. The van der Waals surface area contributed by atoms with Gasteiger partial charge in [-0.05, 0) is 58.4 Å². The highest BCUT2D eigenvalue weighted by Crippen LogP contribution is 2.33. The largest absolute Gasteiger partial charge is 0.416 e. The van der Waals surface area contributed by atoms with Crippen LogP contribution in [0.15, 0.2) is 41.3 Å². The number of halogens is 3. The third kappa shape index (κ3) is 4.73. The number of alkyl halides is 3. The van der Waals surface area contributed by atoms with E-state index in [0.717, 1.165) is 38.1 Å². The van der Waals surface area contributed by atoms with Gasteiger partial charge in [0.15, 0.2) is 0 Å². The Morgan fingerprint density at radius 2 is 1.85 bits per heavy atom. The summed E-state index contributed by atoms with van der Waals surface area (Å²) in [6.07, 6.45) is -0.937. The fourth-order valence-electron chi connectivity index (χ4n) is 4.37. The van der Waals surface area contributed by atoms with E-state index in [1.165, 1.54) is 12.1 Å². The van der Waals surface area contributed by atoms with Crippen LogP contribution in [0.3, 0.4) is 0 Å². The molecule has 0 spiro atoms. The highest BCUT2D eigenvalue weighted by molar-refractivity contribution is 5.88. The molecule has 9 heteroatoms. The number of hydrogen-bond donors (Lipinski definition) is 1. The molecule has 6 nitrogen and oxygen atoms in total. The molecular weight excluding hydrogens is 431 g/mol. The molecular formula is C24H28F3N5O. The van der Waals surface area contributed by atoms with E-state index in [9.17, 15) is 18.0 Å². The lowest BCUT2D eigenvalue weighted by Crippen LogP contribution is -2.46. The highest BCUT2D eigenvalue weighted by Gasteiger charge is 2.32. The van der Waals surface area contributed by atoms with E-state index in [-0.39, 0.29) is 11.1 Å². The van der Waals surface area contributed by atoms with Crippen molar-refractivity contribution in [3.05, 3.63) is 63.8 Å². The molecule has 1 N–H and O–H groups in total. The van der Waals surface area contributed by atoms with Crippen LogP contribution >= 0.6 is 0 Å². The van der Waals surface area contributed by atoms with E-state index in [0.29, 0.717) is 28.1 Å². The van der Waals surface area contributed by atoms with Gasteiger partial charge in [0.25, 0.3) is 5.56 Å². The molecule has 1 saturated heterocycles. The number of aromatic nitrogens is 3. The predicted molar refractivity (Wildman–Crippen MR) is 122 cm³/mol. The fourth-order valence-corrected chi connectivity index (χ4v) is 4.37. The van der Waals surface area contributed by atoms with Crippen molar-refractivity contribution < 1.29 is 13.2 Å². The van der Waals surface area contributed by atoms with Crippen molar-refractivity contribution in [3.63, 3.8) is 0 Å². The van der Waals surface area contributed by atoms with Gasteiger partial charge in [0.2, 0.25) is 0 Å². The SMILES string of the molecule is Cc1nc(N[C@H](C)c2cccc(C(F)(F)F)c2)c2cn(C3(C)CCN(C)CC3)c(=O)cc2n1. The molecule has 3 aromatic rings. The van der Waals surface area contributed by atoms with Crippen molar-refractivity contribution in [2.75, 3.05) is 25.5 Å². The van der Waals surface area contributed by atoms with Crippen LogP contribution in [-0.4, -0.2) is 39.6 Å². The Morgan fingerprint density at radius 1 is 1.15 bits per heavy atom. The standard InChI is InChI=1S/C24H28F3N5O/c1-15(17-6-5-7-18(12-17)24(25,26)27)28-22-19-14-32(23(3)8-10-31(4)11-9-23)21(33)13-20(19)29-16(2)30-22/h5-7,12-15H,8-11H2,1-4H3,(H,28,29,30)/t15-/m1/s1. The van der Waals surface area contributed by atoms with Gasteiger partial charge in [-0.25, -0.2) is 9.97 Å². The van der Waals surface area contributed by atoms with Crippen LogP contribution in [-0.2, 0) is 11.7 Å². The average Bonchev–Trinajstić information content (AvgIpc) is 2.75. The van der Waals surface area contributed by atoms with Crippen LogP contribution in [0.25, 0.3) is 10.9 Å². The van der Waals surface area contributed by atoms with Crippen LogP contribution in [0, 0.1) is 6.92 Å². The first kappa shape index (κ1) is 23.2. The summed E-state index contributed by atoms with van der Waals surface area (Å²) >= 11 is 0. The first-order valence-electron chi connectivity index (χ1n) is 11.0. The molecule has 0 saturated carbocycles. The maximum atomic E-state index is 13.2. The number of anilines is 1. The van der Waals surface area contributed by atoms with Gasteiger partial charge in [-0.3, -0.25) is 4.79 Å².